The van der Waals surface area contributed by atoms with E-state index < -0.39 is 5.82 Å². The van der Waals surface area contributed by atoms with Crippen molar-refractivity contribution in [1.82, 2.24) is 9.97 Å². The summed E-state index contributed by atoms with van der Waals surface area (Å²) >= 11 is 12.1. The van der Waals surface area contributed by atoms with Gasteiger partial charge in [0.1, 0.15) is 5.15 Å². The van der Waals surface area contributed by atoms with Crippen LogP contribution < -0.4 is 4.74 Å². The topological polar surface area (TPSA) is 35.0 Å². The molecule has 3 aromatic rings. The first-order valence-electron chi connectivity index (χ1n) is 6.05. The Hall–Kier alpha value is -1.91. The number of halogens is 3. The van der Waals surface area contributed by atoms with Gasteiger partial charge in [-0.15, -0.1) is 0 Å². The number of ether oxygens (including phenoxy) is 1. The van der Waals surface area contributed by atoms with Gasteiger partial charge in [-0.3, -0.25) is 0 Å². The Morgan fingerprint density at radius 2 is 1.86 bits per heavy atom. The fraction of sp³-hybridized carbons (Fsp3) is 0.0667. The van der Waals surface area contributed by atoms with Crippen LogP contribution in [-0.4, -0.2) is 17.1 Å². The molecule has 0 fully saturated rings. The van der Waals surface area contributed by atoms with E-state index in [1.807, 2.05) is 0 Å². The number of nitrogens with zero attached hydrogens (tertiary/aromatic N) is 2. The van der Waals surface area contributed by atoms with Crippen molar-refractivity contribution in [3.05, 3.63) is 52.4 Å². The van der Waals surface area contributed by atoms with Gasteiger partial charge in [-0.05, 0) is 36.4 Å². The Balaban J connectivity index is 2.20. The van der Waals surface area contributed by atoms with Gasteiger partial charge in [-0.1, -0.05) is 23.2 Å². The predicted molar refractivity (Wildman–Crippen MR) is 81.5 cm³/mol. The maximum absolute atomic E-state index is 13.5. The van der Waals surface area contributed by atoms with E-state index >= 15 is 0 Å². The van der Waals surface area contributed by atoms with Crippen LogP contribution in [0.15, 0.2) is 36.4 Å². The molecule has 0 radical (unpaired) electrons. The maximum Gasteiger partial charge on any atom is 0.165 e. The Labute approximate surface area is 130 Å². The summed E-state index contributed by atoms with van der Waals surface area (Å²) in [5.41, 5.74) is 1.23. The second-order valence-electron chi connectivity index (χ2n) is 4.35. The zero-order valence-electron chi connectivity index (χ0n) is 10.9. The third-order valence-corrected chi connectivity index (χ3v) is 3.54. The number of hydrogen-bond donors (Lipinski definition) is 0. The van der Waals surface area contributed by atoms with E-state index in [2.05, 4.69) is 9.97 Å². The molecular formula is C15H9Cl2FN2O. The first kappa shape index (κ1) is 14.0. The van der Waals surface area contributed by atoms with E-state index in [0.717, 1.165) is 0 Å². The SMILES string of the molecule is COc1cc(-c2nc(Cl)c3ccc(Cl)cc3n2)ccc1F. The normalized spacial score (nSPS) is 10.9. The number of benzene rings is 2. The van der Waals surface area contributed by atoms with Crippen molar-refractivity contribution in [2.45, 2.75) is 0 Å². The number of aromatic nitrogens is 2. The van der Waals surface area contributed by atoms with Gasteiger partial charge in [0.25, 0.3) is 0 Å². The average Bonchev–Trinajstić information content (AvgIpc) is 2.47. The third kappa shape index (κ3) is 2.64. The zero-order valence-corrected chi connectivity index (χ0v) is 12.4. The zero-order chi connectivity index (χ0) is 15.0. The van der Waals surface area contributed by atoms with Crippen LogP contribution in [0.1, 0.15) is 0 Å². The van der Waals surface area contributed by atoms with E-state index in [1.165, 1.54) is 19.2 Å². The van der Waals surface area contributed by atoms with Crippen molar-refractivity contribution >= 4 is 34.1 Å². The van der Waals surface area contributed by atoms with Gasteiger partial charge in [0, 0.05) is 16.0 Å². The lowest BCUT2D eigenvalue weighted by Gasteiger charge is -2.07. The minimum absolute atomic E-state index is 0.124. The summed E-state index contributed by atoms with van der Waals surface area (Å²) < 4.78 is 18.4. The summed E-state index contributed by atoms with van der Waals surface area (Å²) in [5.74, 6) is 0.0580. The summed E-state index contributed by atoms with van der Waals surface area (Å²) in [7, 11) is 1.40. The van der Waals surface area contributed by atoms with Crippen molar-refractivity contribution in [2.75, 3.05) is 7.11 Å². The Bertz CT molecular complexity index is 839. The van der Waals surface area contributed by atoms with Crippen LogP contribution >= 0.6 is 23.2 Å². The molecule has 1 aromatic heterocycles. The molecule has 2 aromatic carbocycles. The quantitative estimate of drug-likeness (QED) is 0.638. The molecule has 0 saturated heterocycles. The summed E-state index contributed by atoms with van der Waals surface area (Å²) in [6, 6.07) is 9.58. The number of methoxy groups -OCH3 is 1. The van der Waals surface area contributed by atoms with E-state index in [9.17, 15) is 4.39 Å². The van der Waals surface area contributed by atoms with Gasteiger partial charge in [-0.25, -0.2) is 14.4 Å². The van der Waals surface area contributed by atoms with Crippen molar-refractivity contribution in [3.8, 4) is 17.1 Å². The molecule has 21 heavy (non-hydrogen) atoms. The lowest BCUT2D eigenvalue weighted by molar-refractivity contribution is 0.387. The number of fused-ring (bicyclic) bond motifs is 1. The maximum atomic E-state index is 13.5. The van der Waals surface area contributed by atoms with Crippen LogP contribution in [0.2, 0.25) is 10.2 Å². The third-order valence-electron chi connectivity index (χ3n) is 3.02. The second kappa shape index (κ2) is 5.47. The van der Waals surface area contributed by atoms with Crippen molar-refractivity contribution in [1.29, 1.82) is 0 Å². The van der Waals surface area contributed by atoms with Crippen LogP contribution in [0, 0.1) is 5.82 Å². The molecule has 0 atom stereocenters. The highest BCUT2D eigenvalue weighted by molar-refractivity contribution is 6.35. The minimum atomic E-state index is -0.448. The van der Waals surface area contributed by atoms with E-state index in [0.29, 0.717) is 32.5 Å². The van der Waals surface area contributed by atoms with Crippen LogP contribution in [0.4, 0.5) is 4.39 Å². The van der Waals surface area contributed by atoms with Gasteiger partial charge in [-0.2, -0.15) is 0 Å². The van der Waals surface area contributed by atoms with Crippen molar-refractivity contribution in [3.63, 3.8) is 0 Å². The highest BCUT2D eigenvalue weighted by atomic mass is 35.5. The average molecular weight is 323 g/mol. The molecule has 0 N–H and O–H groups in total. The molecule has 0 bridgehead atoms. The molecule has 0 aliphatic carbocycles. The molecule has 106 valence electrons. The predicted octanol–water partition coefficient (Wildman–Crippen LogP) is 4.75. The molecule has 1 heterocycles. The molecule has 6 heteroatoms. The van der Waals surface area contributed by atoms with Crippen LogP contribution in [0.3, 0.4) is 0 Å². The van der Waals surface area contributed by atoms with Crippen molar-refractivity contribution in [2.24, 2.45) is 0 Å². The van der Waals surface area contributed by atoms with Crippen LogP contribution in [0.5, 0.6) is 5.75 Å². The lowest BCUT2D eigenvalue weighted by atomic mass is 10.1. The van der Waals surface area contributed by atoms with E-state index in [4.69, 9.17) is 27.9 Å². The summed E-state index contributed by atoms with van der Waals surface area (Å²) in [5, 5.41) is 1.58. The fourth-order valence-electron chi connectivity index (χ4n) is 1.99. The number of rotatable bonds is 2. The van der Waals surface area contributed by atoms with Gasteiger partial charge in [0.2, 0.25) is 0 Å². The highest BCUT2D eigenvalue weighted by Gasteiger charge is 2.11. The largest absolute Gasteiger partial charge is 0.494 e. The fourth-order valence-corrected chi connectivity index (χ4v) is 2.40. The van der Waals surface area contributed by atoms with E-state index in [1.54, 1.807) is 24.3 Å². The number of hydrogen-bond acceptors (Lipinski definition) is 3. The summed E-state index contributed by atoms with van der Waals surface area (Å²) in [4.78, 5) is 8.65. The molecule has 0 unspecified atom stereocenters. The van der Waals surface area contributed by atoms with Crippen LogP contribution in [0.25, 0.3) is 22.3 Å². The summed E-state index contributed by atoms with van der Waals surface area (Å²) in [6.45, 7) is 0. The Kier molecular flexibility index (Phi) is 3.66. The highest BCUT2D eigenvalue weighted by Crippen LogP contribution is 2.29. The smallest absolute Gasteiger partial charge is 0.165 e. The molecule has 0 saturated carbocycles. The van der Waals surface area contributed by atoms with E-state index in [-0.39, 0.29) is 5.75 Å². The minimum Gasteiger partial charge on any atom is -0.494 e. The molecule has 0 aliphatic rings. The summed E-state index contributed by atoms with van der Waals surface area (Å²) in [6.07, 6.45) is 0. The second-order valence-corrected chi connectivity index (χ2v) is 5.14. The monoisotopic (exact) mass is 322 g/mol. The first-order chi connectivity index (χ1) is 10.1. The Morgan fingerprint density at radius 3 is 2.62 bits per heavy atom. The molecule has 3 nitrogen and oxygen atoms in total. The molecule has 0 aliphatic heterocycles. The Morgan fingerprint density at radius 1 is 1.05 bits per heavy atom. The lowest BCUT2D eigenvalue weighted by Crippen LogP contribution is -1.94. The van der Waals surface area contributed by atoms with Crippen molar-refractivity contribution < 1.29 is 9.13 Å². The van der Waals surface area contributed by atoms with Crippen LogP contribution in [-0.2, 0) is 0 Å². The molecular weight excluding hydrogens is 314 g/mol. The first-order valence-corrected chi connectivity index (χ1v) is 6.81. The van der Waals surface area contributed by atoms with Gasteiger partial charge in [0.05, 0.1) is 12.6 Å². The molecule has 0 spiro atoms. The van der Waals surface area contributed by atoms with Gasteiger partial charge < -0.3 is 4.74 Å². The molecule has 0 amide bonds. The van der Waals surface area contributed by atoms with Gasteiger partial charge in [0.15, 0.2) is 17.4 Å². The standard InChI is InChI=1S/C15H9Cl2FN2O/c1-21-13-6-8(2-5-11(13)18)15-19-12-7-9(16)3-4-10(12)14(17)20-15/h2-7H,1H3. The molecule has 3 rings (SSSR count). The van der Waals surface area contributed by atoms with Gasteiger partial charge >= 0.3 is 0 Å².